The molecule has 32 heavy (non-hydrogen) atoms. The van der Waals surface area contributed by atoms with Crippen molar-refractivity contribution >= 4 is 34.3 Å². The molecule has 164 valence electrons. The SMILES string of the molecule is Cc1ccc(OCc2nc(CC(=O)N(Cc3csc(C)n3)c3ccc(F)cc3)cs2)cc1. The van der Waals surface area contributed by atoms with Crippen LogP contribution in [0.25, 0.3) is 0 Å². The third-order valence-corrected chi connectivity index (χ3v) is 6.43. The minimum absolute atomic E-state index is 0.126. The molecule has 0 aliphatic rings. The Balaban J connectivity index is 1.44. The highest BCUT2D eigenvalue weighted by atomic mass is 32.1. The van der Waals surface area contributed by atoms with Crippen molar-refractivity contribution in [1.29, 1.82) is 0 Å². The maximum Gasteiger partial charge on any atom is 0.233 e. The standard InChI is InChI=1S/C24H22FN3O2S2/c1-16-3-9-22(10-4-16)30-13-23-27-19(14-32-23)11-24(29)28(12-20-15-31-17(2)26-20)21-7-5-18(25)6-8-21/h3-10,14-15H,11-13H2,1-2H3. The number of carbonyl (C=O) groups is 1. The molecule has 0 spiro atoms. The second kappa shape index (κ2) is 10.0. The molecule has 0 aliphatic heterocycles. The van der Waals surface area contributed by atoms with Crippen LogP contribution >= 0.6 is 22.7 Å². The van der Waals surface area contributed by atoms with Crippen LogP contribution in [0.3, 0.4) is 0 Å². The Morgan fingerprint density at radius 3 is 2.38 bits per heavy atom. The van der Waals surface area contributed by atoms with Crippen LogP contribution in [0.15, 0.2) is 59.3 Å². The largest absolute Gasteiger partial charge is 0.486 e. The first-order valence-corrected chi connectivity index (χ1v) is 11.8. The summed E-state index contributed by atoms with van der Waals surface area (Å²) in [5.74, 6) is 0.311. The van der Waals surface area contributed by atoms with Gasteiger partial charge in [-0.3, -0.25) is 4.79 Å². The van der Waals surface area contributed by atoms with Crippen molar-refractivity contribution in [3.63, 3.8) is 0 Å². The Hall–Kier alpha value is -3.10. The average molecular weight is 468 g/mol. The molecule has 4 rings (SSSR count). The van der Waals surface area contributed by atoms with Gasteiger partial charge >= 0.3 is 0 Å². The summed E-state index contributed by atoms with van der Waals surface area (Å²) < 4.78 is 19.2. The van der Waals surface area contributed by atoms with Gasteiger partial charge < -0.3 is 9.64 Å². The van der Waals surface area contributed by atoms with Crippen molar-refractivity contribution in [2.24, 2.45) is 0 Å². The molecule has 8 heteroatoms. The van der Waals surface area contributed by atoms with E-state index in [1.807, 2.05) is 48.9 Å². The zero-order valence-electron chi connectivity index (χ0n) is 17.7. The number of amides is 1. The highest BCUT2D eigenvalue weighted by molar-refractivity contribution is 7.09. The highest BCUT2D eigenvalue weighted by Crippen LogP contribution is 2.22. The number of anilines is 1. The number of nitrogens with zero attached hydrogens (tertiary/aromatic N) is 3. The van der Waals surface area contributed by atoms with Gasteiger partial charge in [0.05, 0.1) is 29.4 Å². The van der Waals surface area contributed by atoms with Crippen molar-refractivity contribution in [2.45, 2.75) is 33.4 Å². The third kappa shape index (κ3) is 5.77. The Morgan fingerprint density at radius 1 is 0.969 bits per heavy atom. The van der Waals surface area contributed by atoms with Gasteiger partial charge in [0, 0.05) is 16.4 Å². The lowest BCUT2D eigenvalue weighted by Gasteiger charge is -2.22. The number of carbonyl (C=O) groups excluding carboxylic acids is 1. The van der Waals surface area contributed by atoms with Gasteiger partial charge in [-0.25, -0.2) is 14.4 Å². The van der Waals surface area contributed by atoms with E-state index >= 15 is 0 Å². The van der Waals surface area contributed by atoms with Crippen molar-refractivity contribution in [3.8, 4) is 5.75 Å². The first kappa shape index (κ1) is 22.1. The number of aromatic nitrogens is 2. The molecule has 0 saturated heterocycles. The molecule has 0 unspecified atom stereocenters. The first-order valence-electron chi connectivity index (χ1n) is 10.1. The second-order valence-corrected chi connectivity index (χ2v) is 9.33. The number of ether oxygens (including phenoxy) is 1. The second-order valence-electron chi connectivity index (χ2n) is 7.33. The summed E-state index contributed by atoms with van der Waals surface area (Å²) in [6, 6.07) is 13.8. The lowest BCUT2D eigenvalue weighted by molar-refractivity contribution is -0.118. The molecular weight excluding hydrogens is 445 g/mol. The topological polar surface area (TPSA) is 55.3 Å². The Bertz CT molecular complexity index is 1190. The predicted molar refractivity (Wildman–Crippen MR) is 126 cm³/mol. The van der Waals surface area contributed by atoms with Crippen LogP contribution in [0.4, 0.5) is 10.1 Å². The number of benzene rings is 2. The van der Waals surface area contributed by atoms with E-state index in [1.165, 1.54) is 40.4 Å². The molecule has 0 aliphatic carbocycles. The molecule has 4 aromatic rings. The predicted octanol–water partition coefficient (Wildman–Crippen LogP) is 5.71. The Kier molecular flexibility index (Phi) is 6.92. The number of hydrogen-bond donors (Lipinski definition) is 0. The maximum absolute atomic E-state index is 13.4. The van der Waals surface area contributed by atoms with E-state index in [9.17, 15) is 9.18 Å². The van der Waals surface area contributed by atoms with E-state index in [4.69, 9.17) is 4.74 Å². The summed E-state index contributed by atoms with van der Waals surface area (Å²) in [5, 5.41) is 5.55. The molecule has 0 radical (unpaired) electrons. The highest BCUT2D eigenvalue weighted by Gasteiger charge is 2.19. The van der Waals surface area contributed by atoms with Crippen LogP contribution in [0.5, 0.6) is 5.75 Å². The van der Waals surface area contributed by atoms with Gasteiger partial charge in [-0.1, -0.05) is 17.7 Å². The van der Waals surface area contributed by atoms with Crippen LogP contribution in [0.1, 0.15) is 27.0 Å². The molecule has 1 amide bonds. The van der Waals surface area contributed by atoms with Gasteiger partial charge in [0.25, 0.3) is 0 Å². The van der Waals surface area contributed by atoms with Crippen molar-refractivity contribution < 1.29 is 13.9 Å². The van der Waals surface area contributed by atoms with Crippen molar-refractivity contribution in [2.75, 3.05) is 4.90 Å². The molecule has 0 saturated carbocycles. The number of aryl methyl sites for hydroxylation is 2. The minimum Gasteiger partial charge on any atom is -0.486 e. The van der Waals surface area contributed by atoms with E-state index in [2.05, 4.69) is 9.97 Å². The molecule has 2 aromatic heterocycles. The average Bonchev–Trinajstić information content (AvgIpc) is 3.41. The molecule has 5 nitrogen and oxygen atoms in total. The molecule has 2 heterocycles. The van der Waals surface area contributed by atoms with Gasteiger partial charge in [-0.15, -0.1) is 22.7 Å². The normalized spacial score (nSPS) is 10.8. The summed E-state index contributed by atoms with van der Waals surface area (Å²) in [4.78, 5) is 23.8. The monoisotopic (exact) mass is 467 g/mol. The van der Waals surface area contributed by atoms with Crippen LogP contribution < -0.4 is 9.64 Å². The molecule has 2 aromatic carbocycles. The lowest BCUT2D eigenvalue weighted by atomic mass is 10.2. The van der Waals surface area contributed by atoms with Crippen LogP contribution in [-0.2, 0) is 24.4 Å². The van der Waals surface area contributed by atoms with Gasteiger partial charge in [0.15, 0.2) is 0 Å². The van der Waals surface area contributed by atoms with Crippen LogP contribution in [-0.4, -0.2) is 15.9 Å². The van der Waals surface area contributed by atoms with Gasteiger partial charge in [0.1, 0.15) is 23.2 Å². The molecular formula is C24H22FN3O2S2. The molecule has 0 bridgehead atoms. The fourth-order valence-electron chi connectivity index (χ4n) is 3.11. The third-order valence-electron chi connectivity index (χ3n) is 4.74. The van der Waals surface area contributed by atoms with E-state index in [-0.39, 0.29) is 18.1 Å². The van der Waals surface area contributed by atoms with Crippen LogP contribution in [0, 0.1) is 19.7 Å². The quantitative estimate of drug-likeness (QED) is 0.333. The molecule has 0 fully saturated rings. The van der Waals surface area contributed by atoms with E-state index in [0.717, 1.165) is 21.5 Å². The Labute approximate surface area is 194 Å². The maximum atomic E-state index is 13.4. The number of thiazole rings is 2. The number of halogens is 1. The smallest absolute Gasteiger partial charge is 0.233 e. The summed E-state index contributed by atoms with van der Waals surface area (Å²) >= 11 is 3.00. The first-order chi connectivity index (χ1) is 15.5. The summed E-state index contributed by atoms with van der Waals surface area (Å²) in [7, 11) is 0. The van der Waals surface area contributed by atoms with Gasteiger partial charge in [-0.05, 0) is 50.2 Å². The van der Waals surface area contributed by atoms with Crippen molar-refractivity contribution in [3.05, 3.63) is 92.1 Å². The minimum atomic E-state index is -0.344. The van der Waals surface area contributed by atoms with Gasteiger partial charge in [0.2, 0.25) is 5.91 Å². The van der Waals surface area contributed by atoms with Gasteiger partial charge in [-0.2, -0.15) is 0 Å². The summed E-state index contributed by atoms with van der Waals surface area (Å²) in [5.41, 5.74) is 3.28. The fourth-order valence-corrected chi connectivity index (χ4v) is 4.42. The lowest BCUT2D eigenvalue weighted by Crippen LogP contribution is -2.32. The van der Waals surface area contributed by atoms with Crippen molar-refractivity contribution in [1.82, 2.24) is 9.97 Å². The van der Waals surface area contributed by atoms with E-state index in [1.54, 1.807) is 17.0 Å². The van der Waals surface area contributed by atoms with E-state index < -0.39 is 0 Å². The zero-order valence-corrected chi connectivity index (χ0v) is 19.4. The summed E-state index contributed by atoms with van der Waals surface area (Å²) in [6.45, 7) is 4.62. The summed E-state index contributed by atoms with van der Waals surface area (Å²) in [6.07, 6.45) is 0.140. The van der Waals surface area contributed by atoms with Crippen LogP contribution in [0.2, 0.25) is 0 Å². The Morgan fingerprint density at radius 2 is 1.69 bits per heavy atom. The fraction of sp³-hybridized carbons (Fsp3) is 0.208. The molecule has 0 N–H and O–H groups in total. The van der Waals surface area contributed by atoms with E-state index in [0.29, 0.717) is 24.5 Å². The zero-order chi connectivity index (χ0) is 22.5. The number of hydrogen-bond acceptors (Lipinski definition) is 6. The number of rotatable bonds is 8. The molecule has 0 atom stereocenters.